The Bertz CT molecular complexity index is 1600. The van der Waals surface area contributed by atoms with E-state index in [-0.39, 0.29) is 23.4 Å². The Labute approximate surface area is 268 Å². The van der Waals surface area contributed by atoms with Gasteiger partial charge in [-0.2, -0.15) is 0 Å². The molecule has 0 amide bonds. The first kappa shape index (κ1) is 31.5. The van der Waals surface area contributed by atoms with Gasteiger partial charge in [-0.25, -0.2) is 4.98 Å². The molecule has 0 saturated heterocycles. The second-order valence-electron chi connectivity index (χ2n) is 14.2. The van der Waals surface area contributed by atoms with Crippen LogP contribution in [0.5, 0.6) is 11.5 Å². The molecule has 6 rings (SSSR count). The molecular weight excluding hydrogens is 579 g/mol. The van der Waals surface area contributed by atoms with Crippen LogP contribution in [-0.4, -0.2) is 42.8 Å². The van der Waals surface area contributed by atoms with Crippen molar-refractivity contribution in [3.8, 4) is 34.1 Å². The highest BCUT2D eigenvalue weighted by Gasteiger charge is 2.44. The number of imidazole rings is 1. The summed E-state index contributed by atoms with van der Waals surface area (Å²) in [5.41, 5.74) is 5.65. The zero-order valence-corrected chi connectivity index (χ0v) is 28.6. The average molecular weight is 626 g/mol. The van der Waals surface area contributed by atoms with Crippen molar-refractivity contribution in [2.75, 3.05) is 13.4 Å². The van der Waals surface area contributed by atoms with Crippen LogP contribution in [0.25, 0.3) is 22.6 Å². The Hall–Kier alpha value is -3.46. The lowest BCUT2D eigenvalue weighted by atomic mass is 9.70. The molecule has 1 N–H and O–H groups in total. The van der Waals surface area contributed by atoms with E-state index in [0.717, 1.165) is 77.8 Å². The summed E-state index contributed by atoms with van der Waals surface area (Å²) in [6.07, 6.45) is 5.12. The minimum absolute atomic E-state index is 0.170. The molecule has 1 aliphatic heterocycles. The summed E-state index contributed by atoms with van der Waals surface area (Å²) in [6, 6.07) is 22.6. The molecule has 0 radical (unpaired) electrons. The van der Waals surface area contributed by atoms with Gasteiger partial charge in [0, 0.05) is 29.4 Å². The summed E-state index contributed by atoms with van der Waals surface area (Å²) in [5.74, 6) is 2.52. The number of nitrogens with zero attached hydrogens (tertiary/aromatic N) is 2. The van der Waals surface area contributed by atoms with Crippen LogP contribution in [0.2, 0.25) is 18.1 Å². The summed E-state index contributed by atoms with van der Waals surface area (Å²) in [7, 11) is -1.87. The standard InChI is InChI=1S/C37H47N3O4Si/c1-26-11-10-14-30(38-26)34-33(28-15-16-31-32(23-28)43-25-42-31)39-35(40-34)37(21-22-41-24-27-12-8-7-9-13-27)19-17-29(18-20-37)44-45(5,6)36(2,3)4/h7-16,23,29H,17-22,24-25H2,1-6H3,(H,39,40)/t29-,37+. The Balaban J connectivity index is 1.33. The van der Waals surface area contributed by atoms with Gasteiger partial charge in [0.1, 0.15) is 11.5 Å². The van der Waals surface area contributed by atoms with E-state index < -0.39 is 8.32 Å². The monoisotopic (exact) mass is 625 g/mol. The van der Waals surface area contributed by atoms with Gasteiger partial charge in [-0.1, -0.05) is 57.2 Å². The number of hydrogen-bond donors (Lipinski definition) is 1. The molecule has 8 heteroatoms. The Morgan fingerprint density at radius 3 is 2.42 bits per heavy atom. The van der Waals surface area contributed by atoms with Crippen LogP contribution in [-0.2, 0) is 21.2 Å². The largest absolute Gasteiger partial charge is 0.454 e. The minimum Gasteiger partial charge on any atom is -0.454 e. The van der Waals surface area contributed by atoms with Gasteiger partial charge < -0.3 is 23.6 Å². The summed E-state index contributed by atoms with van der Waals surface area (Å²) in [6.45, 7) is 15.2. The molecule has 238 valence electrons. The second-order valence-corrected chi connectivity index (χ2v) is 18.9. The third-order valence-electron chi connectivity index (χ3n) is 9.99. The van der Waals surface area contributed by atoms with Gasteiger partial charge in [-0.3, -0.25) is 4.98 Å². The molecule has 0 spiro atoms. The van der Waals surface area contributed by atoms with Gasteiger partial charge in [0.05, 0.1) is 18.0 Å². The molecule has 45 heavy (non-hydrogen) atoms. The molecule has 7 nitrogen and oxygen atoms in total. The van der Waals surface area contributed by atoms with Crippen molar-refractivity contribution in [1.29, 1.82) is 0 Å². The van der Waals surface area contributed by atoms with Gasteiger partial charge in [-0.05, 0) is 93.1 Å². The van der Waals surface area contributed by atoms with Crippen molar-refractivity contribution in [2.45, 2.75) is 96.1 Å². The van der Waals surface area contributed by atoms with Gasteiger partial charge in [0.2, 0.25) is 6.79 Å². The van der Waals surface area contributed by atoms with E-state index in [1.54, 1.807) is 0 Å². The number of hydrogen-bond acceptors (Lipinski definition) is 6. The van der Waals surface area contributed by atoms with Gasteiger partial charge >= 0.3 is 0 Å². The maximum Gasteiger partial charge on any atom is 0.231 e. The molecule has 0 unspecified atom stereocenters. The number of ether oxygens (including phenoxy) is 3. The maximum atomic E-state index is 6.92. The molecule has 1 saturated carbocycles. The van der Waals surface area contributed by atoms with E-state index in [2.05, 4.69) is 69.2 Å². The van der Waals surface area contributed by atoms with Crippen molar-refractivity contribution < 1.29 is 18.6 Å². The van der Waals surface area contributed by atoms with Crippen molar-refractivity contribution in [3.63, 3.8) is 0 Å². The average Bonchev–Trinajstić information content (AvgIpc) is 3.68. The van der Waals surface area contributed by atoms with Gasteiger partial charge in [-0.15, -0.1) is 0 Å². The smallest absolute Gasteiger partial charge is 0.231 e. The third-order valence-corrected chi connectivity index (χ3v) is 14.5. The summed E-state index contributed by atoms with van der Waals surface area (Å²) < 4.78 is 24.6. The van der Waals surface area contributed by atoms with Gasteiger partial charge in [0.25, 0.3) is 0 Å². The van der Waals surface area contributed by atoms with Crippen molar-refractivity contribution in [3.05, 3.63) is 83.8 Å². The fraction of sp³-hybridized carbons (Fsp3) is 0.459. The molecule has 2 aromatic carbocycles. The quantitative estimate of drug-likeness (QED) is 0.140. The van der Waals surface area contributed by atoms with Crippen molar-refractivity contribution in [2.24, 2.45) is 0 Å². The van der Waals surface area contributed by atoms with Crippen LogP contribution in [0, 0.1) is 6.92 Å². The molecule has 0 atom stereocenters. The van der Waals surface area contributed by atoms with Crippen molar-refractivity contribution in [1.82, 2.24) is 15.0 Å². The molecular formula is C37H47N3O4Si. The first-order valence-corrected chi connectivity index (χ1v) is 19.2. The maximum absolute atomic E-state index is 6.92. The molecule has 1 aliphatic carbocycles. The van der Waals surface area contributed by atoms with Crippen LogP contribution in [0.15, 0.2) is 66.7 Å². The van der Waals surface area contributed by atoms with Crippen LogP contribution < -0.4 is 9.47 Å². The fourth-order valence-corrected chi connectivity index (χ4v) is 7.66. The van der Waals surface area contributed by atoms with Crippen LogP contribution in [0.3, 0.4) is 0 Å². The van der Waals surface area contributed by atoms with E-state index in [1.807, 2.05) is 43.3 Å². The predicted octanol–water partition coefficient (Wildman–Crippen LogP) is 8.98. The minimum atomic E-state index is -1.87. The number of aromatic nitrogens is 3. The van der Waals surface area contributed by atoms with Crippen LogP contribution in [0.4, 0.5) is 0 Å². The summed E-state index contributed by atoms with van der Waals surface area (Å²) in [4.78, 5) is 14.1. The Morgan fingerprint density at radius 1 is 0.933 bits per heavy atom. The lowest BCUT2D eigenvalue weighted by Crippen LogP contribution is -2.46. The van der Waals surface area contributed by atoms with Crippen LogP contribution in [0.1, 0.15) is 70.0 Å². The summed E-state index contributed by atoms with van der Waals surface area (Å²) >= 11 is 0. The van der Waals surface area contributed by atoms with E-state index >= 15 is 0 Å². The number of aromatic amines is 1. The number of fused-ring (bicyclic) bond motifs is 1. The van der Waals surface area contributed by atoms with Crippen molar-refractivity contribution >= 4 is 8.32 Å². The summed E-state index contributed by atoms with van der Waals surface area (Å²) in [5, 5.41) is 0.184. The number of rotatable bonds is 10. The predicted molar refractivity (Wildman–Crippen MR) is 181 cm³/mol. The Kier molecular flexibility index (Phi) is 8.92. The Morgan fingerprint density at radius 2 is 1.69 bits per heavy atom. The lowest BCUT2D eigenvalue weighted by molar-refractivity contribution is 0.0620. The van der Waals surface area contributed by atoms with E-state index in [4.69, 9.17) is 28.6 Å². The highest BCUT2D eigenvalue weighted by Crippen LogP contribution is 2.47. The van der Waals surface area contributed by atoms with Gasteiger partial charge in [0.15, 0.2) is 19.8 Å². The normalized spacial score (nSPS) is 20.0. The number of nitrogens with one attached hydrogen (secondary N) is 1. The van der Waals surface area contributed by atoms with E-state index in [0.29, 0.717) is 13.2 Å². The SMILES string of the molecule is Cc1cccc(-c2nc([C@]3(CCOCc4ccccc4)CC[C@H](O[Si](C)(C)C(C)(C)C)CC3)[nH]c2-c2ccc3c(c2)OCO3)n1. The fourth-order valence-electron chi connectivity index (χ4n) is 6.24. The molecule has 3 heterocycles. The van der Waals surface area contributed by atoms with E-state index in [9.17, 15) is 0 Å². The first-order chi connectivity index (χ1) is 21.5. The third kappa shape index (κ3) is 6.88. The highest BCUT2D eigenvalue weighted by atomic mass is 28.4. The van der Waals surface area contributed by atoms with Crippen LogP contribution >= 0.6 is 0 Å². The zero-order valence-electron chi connectivity index (χ0n) is 27.6. The molecule has 2 aromatic heterocycles. The number of pyridine rings is 1. The number of H-pyrrole nitrogens is 1. The zero-order chi connectivity index (χ0) is 31.7. The number of aryl methyl sites for hydroxylation is 1. The highest BCUT2D eigenvalue weighted by molar-refractivity contribution is 6.74. The van der Waals surface area contributed by atoms with E-state index in [1.165, 1.54) is 5.56 Å². The lowest BCUT2D eigenvalue weighted by Gasteiger charge is -2.44. The molecule has 1 fully saturated rings. The molecule has 0 bridgehead atoms. The first-order valence-electron chi connectivity index (χ1n) is 16.3. The molecule has 4 aromatic rings. The second kappa shape index (κ2) is 12.7. The topological polar surface area (TPSA) is 78.5 Å². The molecule has 2 aliphatic rings. The number of benzene rings is 2.